The second-order valence-corrected chi connectivity index (χ2v) is 8.40. The highest BCUT2D eigenvalue weighted by Crippen LogP contribution is 2.46. The number of ketones is 1. The standard InChI is InChI=1S/C25H26N2O7/c1-15(2)26-23(30)17-7-5-6-8-19(17)27-22(29)11-12-25(26,27)24(31)34-14-20(28)18-13-16(32-3)9-10-21(18)33-4/h5-10,13,15H,11-12,14H2,1-4H3. The Kier molecular flexibility index (Phi) is 6.03. The maximum Gasteiger partial charge on any atom is 0.354 e. The minimum absolute atomic E-state index is 0.0671. The van der Waals surface area contributed by atoms with E-state index in [0.29, 0.717) is 22.7 Å². The minimum atomic E-state index is -1.66. The van der Waals surface area contributed by atoms with Gasteiger partial charge in [0.15, 0.2) is 6.61 Å². The number of benzene rings is 2. The van der Waals surface area contributed by atoms with Crippen LogP contribution in [0.4, 0.5) is 5.69 Å². The first kappa shape index (κ1) is 23.3. The van der Waals surface area contributed by atoms with E-state index < -0.39 is 30.1 Å². The molecule has 1 fully saturated rings. The van der Waals surface area contributed by atoms with Gasteiger partial charge in [0.25, 0.3) is 5.91 Å². The lowest BCUT2D eigenvalue weighted by atomic mass is 9.95. The monoisotopic (exact) mass is 466 g/mol. The fourth-order valence-electron chi connectivity index (χ4n) is 4.73. The summed E-state index contributed by atoms with van der Waals surface area (Å²) in [5, 5.41) is 0. The molecule has 0 spiro atoms. The van der Waals surface area contributed by atoms with Gasteiger partial charge in [-0.1, -0.05) is 12.1 Å². The zero-order valence-corrected chi connectivity index (χ0v) is 19.5. The molecular formula is C25H26N2O7. The van der Waals surface area contributed by atoms with Gasteiger partial charge in [-0.15, -0.1) is 0 Å². The zero-order chi connectivity index (χ0) is 24.6. The van der Waals surface area contributed by atoms with E-state index in [0.717, 1.165) is 0 Å². The van der Waals surface area contributed by atoms with Gasteiger partial charge in [-0.25, -0.2) is 4.79 Å². The summed E-state index contributed by atoms with van der Waals surface area (Å²) in [6.45, 7) is 2.95. The predicted octanol–water partition coefficient (Wildman–Crippen LogP) is 2.82. The van der Waals surface area contributed by atoms with Crippen LogP contribution in [0.2, 0.25) is 0 Å². The normalized spacial score (nSPS) is 19.1. The number of carbonyl (C=O) groups excluding carboxylic acids is 4. The molecule has 2 heterocycles. The summed E-state index contributed by atoms with van der Waals surface area (Å²) in [4.78, 5) is 55.7. The quantitative estimate of drug-likeness (QED) is 0.457. The van der Waals surface area contributed by atoms with Gasteiger partial charge in [0, 0.05) is 18.9 Å². The van der Waals surface area contributed by atoms with Crippen molar-refractivity contribution < 1.29 is 33.4 Å². The molecule has 2 aromatic rings. The van der Waals surface area contributed by atoms with E-state index in [2.05, 4.69) is 0 Å². The number of methoxy groups -OCH3 is 2. The lowest BCUT2D eigenvalue weighted by Gasteiger charge is -2.50. The number of fused-ring (bicyclic) bond motifs is 3. The number of hydrogen-bond acceptors (Lipinski definition) is 7. The average Bonchev–Trinajstić information content (AvgIpc) is 3.19. The number of rotatable bonds is 7. The van der Waals surface area contributed by atoms with Gasteiger partial charge in [0.05, 0.1) is 31.0 Å². The molecule has 0 aromatic heterocycles. The van der Waals surface area contributed by atoms with E-state index in [1.807, 2.05) is 0 Å². The van der Waals surface area contributed by atoms with Crippen molar-refractivity contribution in [1.82, 2.24) is 4.90 Å². The van der Waals surface area contributed by atoms with E-state index >= 15 is 0 Å². The molecule has 0 aliphatic carbocycles. The lowest BCUT2D eigenvalue weighted by Crippen LogP contribution is -2.70. The molecule has 4 rings (SSSR count). The molecule has 0 saturated carbocycles. The molecule has 1 saturated heterocycles. The summed E-state index contributed by atoms with van der Waals surface area (Å²) in [6.07, 6.45) is 0.136. The number of Topliss-reactive ketones (excluding diaryl/α,β-unsaturated/α-hetero) is 1. The Morgan fingerprint density at radius 2 is 1.79 bits per heavy atom. The van der Waals surface area contributed by atoms with Crippen molar-refractivity contribution in [2.75, 3.05) is 25.7 Å². The average molecular weight is 466 g/mol. The Hall–Kier alpha value is -3.88. The smallest absolute Gasteiger partial charge is 0.354 e. The predicted molar refractivity (Wildman–Crippen MR) is 122 cm³/mol. The van der Waals surface area contributed by atoms with Crippen LogP contribution in [0.25, 0.3) is 0 Å². The number of hydrogen-bond donors (Lipinski definition) is 0. The van der Waals surface area contributed by atoms with Crippen molar-refractivity contribution in [3.05, 3.63) is 53.6 Å². The van der Waals surface area contributed by atoms with E-state index in [-0.39, 0.29) is 30.2 Å². The Bertz CT molecular complexity index is 1180. The molecule has 2 aliphatic heterocycles. The van der Waals surface area contributed by atoms with Gasteiger partial charge in [-0.05, 0) is 44.2 Å². The second-order valence-electron chi connectivity index (χ2n) is 8.40. The fraction of sp³-hybridized carbons (Fsp3) is 0.360. The number of anilines is 1. The number of para-hydroxylation sites is 1. The van der Waals surface area contributed by atoms with Crippen LogP contribution in [0, 0.1) is 0 Å². The van der Waals surface area contributed by atoms with E-state index in [1.54, 1.807) is 50.2 Å². The zero-order valence-electron chi connectivity index (χ0n) is 19.5. The largest absolute Gasteiger partial charge is 0.497 e. The summed E-state index contributed by atoms with van der Waals surface area (Å²) >= 11 is 0. The molecule has 0 N–H and O–H groups in total. The summed E-state index contributed by atoms with van der Waals surface area (Å²) in [6, 6.07) is 11.0. The summed E-state index contributed by atoms with van der Waals surface area (Å²) in [5.74, 6) is -1.23. The molecule has 0 bridgehead atoms. The first-order valence-electron chi connectivity index (χ1n) is 10.9. The lowest BCUT2D eigenvalue weighted by molar-refractivity contribution is -0.157. The molecular weight excluding hydrogens is 440 g/mol. The number of carbonyl (C=O) groups is 4. The van der Waals surface area contributed by atoms with Gasteiger partial charge in [0.2, 0.25) is 17.4 Å². The van der Waals surface area contributed by atoms with Crippen LogP contribution in [-0.2, 0) is 14.3 Å². The van der Waals surface area contributed by atoms with E-state index in [1.165, 1.54) is 30.1 Å². The molecule has 9 nitrogen and oxygen atoms in total. The van der Waals surface area contributed by atoms with Crippen LogP contribution in [0.3, 0.4) is 0 Å². The van der Waals surface area contributed by atoms with Crippen LogP contribution in [0.1, 0.15) is 47.4 Å². The van der Waals surface area contributed by atoms with E-state index in [9.17, 15) is 19.2 Å². The summed E-state index contributed by atoms with van der Waals surface area (Å²) < 4.78 is 15.9. The minimum Gasteiger partial charge on any atom is -0.497 e. The molecule has 2 aliphatic rings. The van der Waals surface area contributed by atoms with Crippen LogP contribution in [-0.4, -0.2) is 61.0 Å². The first-order chi connectivity index (χ1) is 16.3. The van der Waals surface area contributed by atoms with Crippen molar-refractivity contribution in [2.45, 2.75) is 38.4 Å². The highest BCUT2D eigenvalue weighted by molar-refractivity contribution is 6.16. The third kappa shape index (κ3) is 3.48. The number of nitrogens with zero attached hydrogens (tertiary/aromatic N) is 2. The molecule has 34 heavy (non-hydrogen) atoms. The Morgan fingerprint density at radius 3 is 2.47 bits per heavy atom. The topological polar surface area (TPSA) is 102 Å². The Morgan fingerprint density at radius 1 is 1.06 bits per heavy atom. The number of ether oxygens (including phenoxy) is 3. The molecule has 2 amide bonds. The fourth-order valence-corrected chi connectivity index (χ4v) is 4.73. The number of amides is 2. The molecule has 0 radical (unpaired) electrons. The first-order valence-corrected chi connectivity index (χ1v) is 10.9. The van der Waals surface area contributed by atoms with Crippen molar-refractivity contribution in [3.8, 4) is 11.5 Å². The van der Waals surface area contributed by atoms with Crippen LogP contribution in [0.15, 0.2) is 42.5 Å². The van der Waals surface area contributed by atoms with Crippen LogP contribution in [0.5, 0.6) is 11.5 Å². The third-order valence-electron chi connectivity index (χ3n) is 6.18. The third-order valence-corrected chi connectivity index (χ3v) is 6.18. The molecule has 2 aromatic carbocycles. The summed E-state index contributed by atoms with van der Waals surface area (Å²) in [7, 11) is 2.90. The van der Waals surface area contributed by atoms with Crippen molar-refractivity contribution in [2.24, 2.45) is 0 Å². The second kappa shape index (κ2) is 8.81. The number of esters is 1. The van der Waals surface area contributed by atoms with E-state index in [4.69, 9.17) is 14.2 Å². The van der Waals surface area contributed by atoms with Crippen LogP contribution >= 0.6 is 0 Å². The maximum atomic E-state index is 13.6. The highest BCUT2D eigenvalue weighted by Gasteiger charge is 2.62. The van der Waals surface area contributed by atoms with Gasteiger partial charge < -0.3 is 19.1 Å². The maximum absolute atomic E-state index is 13.6. The van der Waals surface area contributed by atoms with Gasteiger partial charge >= 0.3 is 5.97 Å². The van der Waals surface area contributed by atoms with Gasteiger partial charge in [0.1, 0.15) is 11.5 Å². The van der Waals surface area contributed by atoms with Gasteiger partial charge in [-0.3, -0.25) is 19.3 Å². The van der Waals surface area contributed by atoms with Gasteiger partial charge in [-0.2, -0.15) is 0 Å². The summed E-state index contributed by atoms with van der Waals surface area (Å²) in [5.41, 5.74) is -0.760. The van der Waals surface area contributed by atoms with Crippen LogP contribution < -0.4 is 14.4 Å². The molecule has 1 atom stereocenters. The molecule has 178 valence electrons. The van der Waals surface area contributed by atoms with Crippen molar-refractivity contribution in [3.63, 3.8) is 0 Å². The highest BCUT2D eigenvalue weighted by atomic mass is 16.5. The molecule has 9 heteroatoms. The Balaban J connectivity index is 1.68. The SMILES string of the molecule is COc1ccc(OC)c(C(=O)COC(=O)C23CCC(=O)N2c2ccccc2C(=O)N3C(C)C)c1. The van der Waals surface area contributed by atoms with Crippen molar-refractivity contribution in [1.29, 1.82) is 0 Å². The van der Waals surface area contributed by atoms with Crippen molar-refractivity contribution >= 4 is 29.3 Å². The Labute approximate surface area is 197 Å². The molecule has 1 unspecified atom stereocenters.